The van der Waals surface area contributed by atoms with Gasteiger partial charge in [-0.25, -0.2) is 0 Å². The van der Waals surface area contributed by atoms with Gasteiger partial charge in [-0.3, -0.25) is 4.79 Å². The quantitative estimate of drug-likeness (QED) is 0.761. The van der Waals surface area contributed by atoms with Crippen molar-refractivity contribution in [3.05, 3.63) is 35.4 Å². The molecule has 0 radical (unpaired) electrons. The minimum atomic E-state index is -0.319. The summed E-state index contributed by atoms with van der Waals surface area (Å²) in [6.07, 6.45) is 2.59. The topological polar surface area (TPSA) is 41.1 Å². The number of amides is 1. The SMILES string of the molecule is O=C1NC(=S)NC1c1ccc(C2CC2)cc1. The van der Waals surface area contributed by atoms with Crippen LogP contribution in [-0.4, -0.2) is 11.0 Å². The fourth-order valence-electron chi connectivity index (χ4n) is 2.03. The lowest BCUT2D eigenvalue weighted by molar-refractivity contribution is -0.120. The maximum absolute atomic E-state index is 11.6. The van der Waals surface area contributed by atoms with Crippen LogP contribution in [0.3, 0.4) is 0 Å². The first-order valence-corrected chi connectivity index (χ1v) is 5.86. The third-order valence-corrected chi connectivity index (χ3v) is 3.31. The van der Waals surface area contributed by atoms with Crippen LogP contribution < -0.4 is 10.6 Å². The highest BCUT2D eigenvalue weighted by atomic mass is 32.1. The summed E-state index contributed by atoms with van der Waals surface area (Å²) < 4.78 is 0. The van der Waals surface area contributed by atoms with Gasteiger partial charge in [-0.15, -0.1) is 0 Å². The summed E-state index contributed by atoms with van der Waals surface area (Å²) in [6, 6.07) is 7.94. The molecule has 1 aromatic carbocycles. The molecule has 0 aromatic heterocycles. The molecule has 2 fully saturated rings. The number of hydrogen-bond acceptors (Lipinski definition) is 2. The Morgan fingerprint density at radius 1 is 1.12 bits per heavy atom. The summed E-state index contributed by atoms with van der Waals surface area (Å²) in [5.74, 6) is 0.685. The number of hydrogen-bond donors (Lipinski definition) is 2. The molecular formula is C12H12N2OS. The van der Waals surface area contributed by atoms with Gasteiger partial charge in [0.25, 0.3) is 5.91 Å². The van der Waals surface area contributed by atoms with E-state index in [0.717, 1.165) is 11.5 Å². The van der Waals surface area contributed by atoms with Gasteiger partial charge in [-0.05, 0) is 42.1 Å². The van der Waals surface area contributed by atoms with Crippen LogP contribution in [0.5, 0.6) is 0 Å². The van der Waals surface area contributed by atoms with E-state index >= 15 is 0 Å². The largest absolute Gasteiger partial charge is 0.347 e. The molecule has 2 N–H and O–H groups in total. The highest BCUT2D eigenvalue weighted by Crippen LogP contribution is 2.40. The first kappa shape index (κ1) is 9.78. The standard InChI is InChI=1S/C12H12N2OS/c15-11-10(13-12(16)14-11)9-5-3-8(4-6-9)7-1-2-7/h3-7,10H,1-2H2,(H2,13,14,15,16). The second kappa shape index (κ2) is 3.56. The van der Waals surface area contributed by atoms with Crippen molar-refractivity contribution in [3.63, 3.8) is 0 Å². The highest BCUT2D eigenvalue weighted by molar-refractivity contribution is 7.80. The van der Waals surface area contributed by atoms with Crippen molar-refractivity contribution in [1.82, 2.24) is 10.6 Å². The molecule has 1 aromatic rings. The van der Waals surface area contributed by atoms with Gasteiger partial charge in [0.05, 0.1) is 0 Å². The van der Waals surface area contributed by atoms with Crippen LogP contribution in [0.4, 0.5) is 0 Å². The number of nitrogens with one attached hydrogen (secondary N) is 2. The van der Waals surface area contributed by atoms with Crippen molar-refractivity contribution in [2.24, 2.45) is 0 Å². The fourth-order valence-corrected chi connectivity index (χ4v) is 2.25. The Balaban J connectivity index is 1.83. The first-order chi connectivity index (χ1) is 7.74. The van der Waals surface area contributed by atoms with E-state index in [4.69, 9.17) is 12.2 Å². The molecule has 1 aliphatic heterocycles. The summed E-state index contributed by atoms with van der Waals surface area (Å²) in [5.41, 5.74) is 2.35. The van der Waals surface area contributed by atoms with Crippen LogP contribution in [0, 0.1) is 0 Å². The highest BCUT2D eigenvalue weighted by Gasteiger charge is 2.29. The Hall–Kier alpha value is -1.42. The third kappa shape index (κ3) is 1.69. The molecule has 1 saturated carbocycles. The van der Waals surface area contributed by atoms with Crippen molar-refractivity contribution >= 4 is 23.2 Å². The summed E-state index contributed by atoms with van der Waals surface area (Å²) in [4.78, 5) is 11.6. The number of carbonyl (C=O) groups excluding carboxylic acids is 1. The van der Waals surface area contributed by atoms with Crippen LogP contribution in [0.1, 0.15) is 35.9 Å². The predicted molar refractivity (Wildman–Crippen MR) is 65.0 cm³/mol. The Morgan fingerprint density at radius 2 is 1.75 bits per heavy atom. The van der Waals surface area contributed by atoms with Crippen LogP contribution in [0.2, 0.25) is 0 Å². The molecule has 1 amide bonds. The minimum Gasteiger partial charge on any atom is -0.347 e. The molecule has 1 atom stereocenters. The molecule has 0 bridgehead atoms. The number of thiocarbonyl (C=S) groups is 1. The molecule has 1 aliphatic carbocycles. The van der Waals surface area contributed by atoms with Gasteiger partial charge >= 0.3 is 0 Å². The van der Waals surface area contributed by atoms with E-state index in [1.54, 1.807) is 0 Å². The van der Waals surface area contributed by atoms with Crippen molar-refractivity contribution in [2.45, 2.75) is 24.8 Å². The van der Waals surface area contributed by atoms with E-state index in [-0.39, 0.29) is 11.9 Å². The van der Waals surface area contributed by atoms with Gasteiger partial charge in [0.1, 0.15) is 6.04 Å². The molecule has 4 heteroatoms. The number of rotatable bonds is 2. The molecule has 1 unspecified atom stereocenters. The van der Waals surface area contributed by atoms with Crippen molar-refractivity contribution in [2.75, 3.05) is 0 Å². The Morgan fingerprint density at radius 3 is 2.25 bits per heavy atom. The average Bonchev–Trinajstić information content (AvgIpc) is 3.05. The Kier molecular flexibility index (Phi) is 2.17. The molecule has 16 heavy (non-hydrogen) atoms. The number of benzene rings is 1. The van der Waals surface area contributed by atoms with Gasteiger partial charge in [0.2, 0.25) is 0 Å². The van der Waals surface area contributed by atoms with E-state index in [9.17, 15) is 4.79 Å². The molecule has 0 spiro atoms. The zero-order valence-electron chi connectivity index (χ0n) is 8.69. The predicted octanol–water partition coefficient (Wildman–Crippen LogP) is 1.61. The zero-order valence-corrected chi connectivity index (χ0v) is 9.51. The lowest BCUT2D eigenvalue weighted by Crippen LogP contribution is -2.21. The van der Waals surface area contributed by atoms with E-state index in [1.807, 2.05) is 12.1 Å². The molecule has 3 rings (SSSR count). The molecule has 1 saturated heterocycles. The second-order valence-electron chi connectivity index (χ2n) is 4.34. The van der Waals surface area contributed by atoms with Gasteiger partial charge < -0.3 is 10.6 Å². The summed E-state index contributed by atoms with van der Waals surface area (Å²) in [5, 5.41) is 5.97. The summed E-state index contributed by atoms with van der Waals surface area (Å²) in [7, 11) is 0. The third-order valence-electron chi connectivity index (χ3n) is 3.09. The van der Waals surface area contributed by atoms with Crippen molar-refractivity contribution in [1.29, 1.82) is 0 Å². The van der Waals surface area contributed by atoms with E-state index in [0.29, 0.717) is 5.11 Å². The molecule has 1 heterocycles. The van der Waals surface area contributed by atoms with E-state index in [2.05, 4.69) is 22.8 Å². The monoisotopic (exact) mass is 232 g/mol. The average molecular weight is 232 g/mol. The molecule has 82 valence electrons. The Bertz CT molecular complexity index is 451. The lowest BCUT2D eigenvalue weighted by atomic mass is 10.0. The zero-order chi connectivity index (χ0) is 11.1. The molecule has 2 aliphatic rings. The molecular weight excluding hydrogens is 220 g/mol. The molecule has 3 nitrogen and oxygen atoms in total. The first-order valence-electron chi connectivity index (χ1n) is 5.45. The van der Waals surface area contributed by atoms with E-state index < -0.39 is 0 Å². The normalized spacial score (nSPS) is 24.1. The van der Waals surface area contributed by atoms with Gasteiger partial charge in [0, 0.05) is 0 Å². The van der Waals surface area contributed by atoms with Gasteiger partial charge in [0.15, 0.2) is 5.11 Å². The lowest BCUT2D eigenvalue weighted by Gasteiger charge is -2.08. The van der Waals surface area contributed by atoms with Crippen LogP contribution >= 0.6 is 12.2 Å². The second-order valence-corrected chi connectivity index (χ2v) is 4.74. The fraction of sp³-hybridized carbons (Fsp3) is 0.333. The van der Waals surface area contributed by atoms with Gasteiger partial charge in [-0.1, -0.05) is 24.3 Å². The van der Waals surface area contributed by atoms with Crippen LogP contribution in [0.25, 0.3) is 0 Å². The maximum Gasteiger partial charge on any atom is 0.253 e. The summed E-state index contributed by atoms with van der Waals surface area (Å²) >= 11 is 4.91. The smallest absolute Gasteiger partial charge is 0.253 e. The Labute approximate surface area is 99.2 Å². The minimum absolute atomic E-state index is 0.0656. The number of carbonyl (C=O) groups is 1. The van der Waals surface area contributed by atoms with Crippen molar-refractivity contribution < 1.29 is 4.79 Å². The van der Waals surface area contributed by atoms with Crippen LogP contribution in [0.15, 0.2) is 24.3 Å². The van der Waals surface area contributed by atoms with Crippen LogP contribution in [-0.2, 0) is 4.79 Å². The maximum atomic E-state index is 11.6. The van der Waals surface area contributed by atoms with Crippen molar-refractivity contribution in [3.8, 4) is 0 Å². The summed E-state index contributed by atoms with van der Waals surface area (Å²) in [6.45, 7) is 0. The van der Waals surface area contributed by atoms with E-state index in [1.165, 1.54) is 18.4 Å². The van der Waals surface area contributed by atoms with Gasteiger partial charge in [-0.2, -0.15) is 0 Å².